The predicted molar refractivity (Wildman–Crippen MR) is 110 cm³/mol. The van der Waals surface area contributed by atoms with E-state index in [4.69, 9.17) is 0 Å². The van der Waals surface area contributed by atoms with Crippen molar-refractivity contribution in [3.05, 3.63) is 66.2 Å². The Morgan fingerprint density at radius 2 is 1.52 bits per heavy atom. The van der Waals surface area contributed by atoms with E-state index in [2.05, 4.69) is 51.5 Å². The van der Waals surface area contributed by atoms with Crippen LogP contribution >= 0.6 is 0 Å². The molecular formula is C21H24FN5. The number of hydrogen-bond acceptors (Lipinski definition) is 5. The summed E-state index contributed by atoms with van der Waals surface area (Å²) in [6.07, 6.45) is 0. The van der Waals surface area contributed by atoms with Crippen LogP contribution in [0.4, 0.5) is 33.1 Å². The van der Waals surface area contributed by atoms with E-state index >= 15 is 0 Å². The quantitative estimate of drug-likeness (QED) is 0.598. The van der Waals surface area contributed by atoms with Gasteiger partial charge in [0.1, 0.15) is 23.3 Å². The first-order valence-electron chi connectivity index (χ1n) is 9.08. The predicted octanol–water partition coefficient (Wildman–Crippen LogP) is 5.26. The van der Waals surface area contributed by atoms with Crippen molar-refractivity contribution in [3.63, 3.8) is 0 Å². The van der Waals surface area contributed by atoms with Crippen LogP contribution in [0.3, 0.4) is 0 Å². The molecule has 3 aromatic rings. The van der Waals surface area contributed by atoms with Crippen molar-refractivity contribution >= 4 is 28.7 Å². The first-order valence-corrected chi connectivity index (χ1v) is 9.08. The van der Waals surface area contributed by atoms with Crippen LogP contribution in [0.5, 0.6) is 0 Å². The topological polar surface area (TPSA) is 53.1 Å². The molecule has 0 fully saturated rings. The second kappa shape index (κ2) is 8.49. The van der Waals surface area contributed by atoms with Crippen LogP contribution in [-0.4, -0.2) is 23.1 Å². The number of aromatic nitrogens is 2. The Morgan fingerprint density at radius 3 is 2.15 bits per heavy atom. The van der Waals surface area contributed by atoms with Gasteiger partial charge in [0.15, 0.2) is 0 Å². The monoisotopic (exact) mass is 365 g/mol. The fourth-order valence-electron chi connectivity index (χ4n) is 2.89. The largest absolute Gasteiger partial charge is 0.372 e. The maximum absolute atomic E-state index is 13.9. The van der Waals surface area contributed by atoms with Gasteiger partial charge in [-0.1, -0.05) is 12.1 Å². The summed E-state index contributed by atoms with van der Waals surface area (Å²) in [7, 11) is 0. The number of rotatable bonds is 7. The molecule has 0 saturated heterocycles. The zero-order valence-corrected chi connectivity index (χ0v) is 15.8. The Hall–Kier alpha value is -3.15. The number of halogens is 1. The molecule has 140 valence electrons. The first-order chi connectivity index (χ1) is 13.1. The van der Waals surface area contributed by atoms with E-state index in [0.29, 0.717) is 23.1 Å². The molecule has 5 nitrogen and oxygen atoms in total. The summed E-state index contributed by atoms with van der Waals surface area (Å²) >= 11 is 0. The van der Waals surface area contributed by atoms with Crippen molar-refractivity contribution in [1.82, 2.24) is 9.97 Å². The lowest BCUT2D eigenvalue weighted by atomic mass is 10.2. The molecule has 6 heteroatoms. The third-order valence-corrected chi connectivity index (χ3v) is 4.24. The van der Waals surface area contributed by atoms with Gasteiger partial charge in [-0.05, 0) is 57.2 Å². The minimum absolute atomic E-state index is 0.324. The molecular weight excluding hydrogens is 341 g/mol. The average molecular weight is 365 g/mol. The van der Waals surface area contributed by atoms with Crippen LogP contribution in [0, 0.1) is 12.7 Å². The molecule has 0 aliphatic rings. The highest BCUT2D eigenvalue weighted by atomic mass is 19.1. The summed E-state index contributed by atoms with van der Waals surface area (Å²) in [6, 6.07) is 16.5. The Kier molecular flexibility index (Phi) is 5.86. The summed E-state index contributed by atoms with van der Waals surface area (Å²) in [4.78, 5) is 11.0. The summed E-state index contributed by atoms with van der Waals surface area (Å²) in [5.74, 6) is 1.46. The van der Waals surface area contributed by atoms with Gasteiger partial charge < -0.3 is 15.5 Å². The molecule has 0 atom stereocenters. The molecule has 0 unspecified atom stereocenters. The van der Waals surface area contributed by atoms with Crippen molar-refractivity contribution in [2.75, 3.05) is 28.6 Å². The maximum Gasteiger partial charge on any atom is 0.146 e. The molecule has 0 aliphatic heterocycles. The SMILES string of the molecule is CCN(CC)c1ccc(Nc2cc(Nc3ccccc3F)nc(C)n2)cc1. The van der Waals surface area contributed by atoms with Crippen LogP contribution in [0.25, 0.3) is 0 Å². The van der Waals surface area contributed by atoms with E-state index < -0.39 is 0 Å². The normalized spacial score (nSPS) is 10.5. The Labute approximate surface area is 159 Å². The summed E-state index contributed by atoms with van der Waals surface area (Å²) in [6.45, 7) is 8.03. The van der Waals surface area contributed by atoms with Crippen LogP contribution in [0.1, 0.15) is 19.7 Å². The Balaban J connectivity index is 1.77. The van der Waals surface area contributed by atoms with E-state index in [9.17, 15) is 4.39 Å². The van der Waals surface area contributed by atoms with Gasteiger partial charge in [0.2, 0.25) is 0 Å². The lowest BCUT2D eigenvalue weighted by molar-refractivity contribution is 0.632. The van der Waals surface area contributed by atoms with Crippen LogP contribution in [0.2, 0.25) is 0 Å². The van der Waals surface area contributed by atoms with Crippen molar-refractivity contribution in [3.8, 4) is 0 Å². The number of nitrogens with one attached hydrogen (secondary N) is 2. The number of benzene rings is 2. The van der Waals surface area contributed by atoms with Gasteiger partial charge in [0, 0.05) is 30.5 Å². The van der Waals surface area contributed by atoms with E-state index in [0.717, 1.165) is 18.8 Å². The Bertz CT molecular complexity index is 891. The molecule has 1 heterocycles. The van der Waals surface area contributed by atoms with E-state index in [-0.39, 0.29) is 5.82 Å². The summed E-state index contributed by atoms with van der Waals surface area (Å²) < 4.78 is 13.9. The third-order valence-electron chi connectivity index (χ3n) is 4.24. The number of para-hydroxylation sites is 1. The van der Waals surface area contributed by atoms with E-state index in [1.165, 1.54) is 11.8 Å². The van der Waals surface area contributed by atoms with Crippen LogP contribution in [0.15, 0.2) is 54.6 Å². The van der Waals surface area contributed by atoms with Crippen molar-refractivity contribution in [2.24, 2.45) is 0 Å². The van der Waals surface area contributed by atoms with E-state index in [1.807, 2.05) is 12.1 Å². The van der Waals surface area contributed by atoms with Gasteiger partial charge in [0.05, 0.1) is 5.69 Å². The molecule has 0 amide bonds. The number of anilines is 5. The molecule has 0 saturated carbocycles. The molecule has 2 aromatic carbocycles. The molecule has 3 rings (SSSR count). The zero-order chi connectivity index (χ0) is 19.2. The van der Waals surface area contributed by atoms with Gasteiger partial charge in [-0.3, -0.25) is 0 Å². The van der Waals surface area contributed by atoms with Crippen LogP contribution in [-0.2, 0) is 0 Å². The molecule has 0 spiro atoms. The van der Waals surface area contributed by atoms with Crippen LogP contribution < -0.4 is 15.5 Å². The molecule has 0 bridgehead atoms. The van der Waals surface area contributed by atoms with Gasteiger partial charge in [-0.25, -0.2) is 14.4 Å². The van der Waals surface area contributed by atoms with Gasteiger partial charge >= 0.3 is 0 Å². The third kappa shape index (κ3) is 4.73. The highest BCUT2D eigenvalue weighted by Crippen LogP contribution is 2.23. The summed E-state index contributed by atoms with van der Waals surface area (Å²) in [5.41, 5.74) is 2.50. The molecule has 1 aromatic heterocycles. The molecule has 0 aliphatic carbocycles. The number of aryl methyl sites for hydroxylation is 1. The highest BCUT2D eigenvalue weighted by molar-refractivity contribution is 5.65. The second-order valence-electron chi connectivity index (χ2n) is 6.13. The average Bonchev–Trinajstić information content (AvgIpc) is 2.65. The van der Waals surface area contributed by atoms with Crippen molar-refractivity contribution in [2.45, 2.75) is 20.8 Å². The maximum atomic E-state index is 13.9. The minimum atomic E-state index is -0.324. The Morgan fingerprint density at radius 1 is 0.889 bits per heavy atom. The van der Waals surface area contributed by atoms with Crippen molar-refractivity contribution < 1.29 is 4.39 Å². The molecule has 27 heavy (non-hydrogen) atoms. The van der Waals surface area contributed by atoms with Crippen molar-refractivity contribution in [1.29, 1.82) is 0 Å². The summed E-state index contributed by atoms with van der Waals surface area (Å²) in [5, 5.41) is 6.29. The van der Waals surface area contributed by atoms with Gasteiger partial charge in [-0.15, -0.1) is 0 Å². The molecule has 2 N–H and O–H groups in total. The lowest BCUT2D eigenvalue weighted by Gasteiger charge is -2.21. The standard InChI is InChI=1S/C21H24FN5/c1-4-27(5-2)17-12-10-16(11-13-17)25-20-14-21(24-15(3)23-20)26-19-9-7-6-8-18(19)22/h6-14H,4-5H2,1-3H3,(H2,23,24,25,26). The van der Waals surface area contributed by atoms with Gasteiger partial charge in [-0.2, -0.15) is 0 Å². The van der Waals surface area contributed by atoms with Gasteiger partial charge in [0.25, 0.3) is 0 Å². The smallest absolute Gasteiger partial charge is 0.146 e. The first kappa shape index (κ1) is 18.6. The fraction of sp³-hybridized carbons (Fsp3) is 0.238. The zero-order valence-electron chi connectivity index (χ0n) is 15.8. The lowest BCUT2D eigenvalue weighted by Crippen LogP contribution is -2.21. The van der Waals surface area contributed by atoms with E-state index in [1.54, 1.807) is 31.2 Å². The number of nitrogens with zero attached hydrogens (tertiary/aromatic N) is 3. The fourth-order valence-corrected chi connectivity index (χ4v) is 2.89. The highest BCUT2D eigenvalue weighted by Gasteiger charge is 2.07. The number of hydrogen-bond donors (Lipinski definition) is 2. The second-order valence-corrected chi connectivity index (χ2v) is 6.13. The minimum Gasteiger partial charge on any atom is -0.372 e. The molecule has 0 radical (unpaired) electrons.